The number of rotatable bonds is 5. The summed E-state index contributed by atoms with van der Waals surface area (Å²) in [4.78, 5) is 12.5. The van der Waals surface area contributed by atoms with Crippen molar-refractivity contribution in [2.45, 2.75) is 20.4 Å². The van der Waals surface area contributed by atoms with Gasteiger partial charge in [0, 0.05) is 23.9 Å². The van der Waals surface area contributed by atoms with Crippen molar-refractivity contribution in [3.8, 4) is 11.3 Å². The maximum Gasteiger partial charge on any atom is 0.279 e. The lowest BCUT2D eigenvalue weighted by Gasteiger charge is -2.05. The van der Waals surface area contributed by atoms with Crippen molar-refractivity contribution in [2.24, 2.45) is 0 Å². The summed E-state index contributed by atoms with van der Waals surface area (Å²) >= 11 is 0. The molecular formula is C22H20N4O2. The van der Waals surface area contributed by atoms with E-state index in [9.17, 15) is 4.79 Å². The zero-order chi connectivity index (χ0) is 19.5. The number of aryl methyl sites for hydroxylation is 2. The number of aromatic nitrogens is 3. The molecular weight excluding hydrogens is 352 g/mol. The summed E-state index contributed by atoms with van der Waals surface area (Å²) in [5.41, 5.74) is 4.63. The molecule has 4 aromatic rings. The van der Waals surface area contributed by atoms with Crippen LogP contribution in [0.5, 0.6) is 0 Å². The number of amides is 1. The van der Waals surface area contributed by atoms with E-state index >= 15 is 0 Å². The van der Waals surface area contributed by atoms with Gasteiger partial charge in [-0.2, -0.15) is 5.10 Å². The molecule has 1 N–H and O–H groups in total. The quantitative estimate of drug-likeness (QED) is 0.561. The van der Waals surface area contributed by atoms with Crippen molar-refractivity contribution in [1.82, 2.24) is 14.9 Å². The fourth-order valence-corrected chi connectivity index (χ4v) is 2.89. The molecule has 0 aliphatic heterocycles. The van der Waals surface area contributed by atoms with Gasteiger partial charge in [-0.3, -0.25) is 9.48 Å². The van der Waals surface area contributed by atoms with E-state index in [1.165, 1.54) is 11.1 Å². The summed E-state index contributed by atoms with van der Waals surface area (Å²) in [6.07, 6.45) is 1.84. The minimum Gasteiger partial charge on any atom is -0.355 e. The second-order valence-electron chi connectivity index (χ2n) is 6.72. The third kappa shape index (κ3) is 3.86. The first-order chi connectivity index (χ1) is 13.6. The first-order valence-electron chi connectivity index (χ1n) is 9.01. The largest absolute Gasteiger partial charge is 0.355 e. The molecule has 0 bridgehead atoms. The highest BCUT2D eigenvalue weighted by Crippen LogP contribution is 2.21. The van der Waals surface area contributed by atoms with Gasteiger partial charge in [-0.1, -0.05) is 59.3 Å². The summed E-state index contributed by atoms with van der Waals surface area (Å²) in [5.74, 6) is 0.664. The average Bonchev–Trinajstić information content (AvgIpc) is 3.34. The Bertz CT molecular complexity index is 1110. The Hall–Kier alpha value is -3.67. The number of hydrogen-bond acceptors (Lipinski definition) is 4. The second kappa shape index (κ2) is 7.52. The summed E-state index contributed by atoms with van der Waals surface area (Å²) < 4.78 is 7.10. The van der Waals surface area contributed by atoms with Crippen LogP contribution in [0.1, 0.15) is 27.2 Å². The molecule has 0 atom stereocenters. The zero-order valence-corrected chi connectivity index (χ0v) is 15.7. The predicted molar refractivity (Wildman–Crippen MR) is 107 cm³/mol. The smallest absolute Gasteiger partial charge is 0.279 e. The van der Waals surface area contributed by atoms with Crippen LogP contribution in [0.3, 0.4) is 0 Å². The Morgan fingerprint density at radius 2 is 1.86 bits per heavy atom. The van der Waals surface area contributed by atoms with E-state index in [4.69, 9.17) is 4.52 Å². The van der Waals surface area contributed by atoms with Gasteiger partial charge in [0.05, 0.1) is 6.54 Å². The van der Waals surface area contributed by atoms with Crippen molar-refractivity contribution < 1.29 is 9.32 Å². The number of nitrogens with one attached hydrogen (secondary N) is 1. The normalized spacial score (nSPS) is 10.8. The molecule has 0 saturated heterocycles. The van der Waals surface area contributed by atoms with Crippen molar-refractivity contribution >= 4 is 11.7 Å². The molecule has 1 amide bonds. The Labute approximate surface area is 162 Å². The van der Waals surface area contributed by atoms with E-state index < -0.39 is 0 Å². The van der Waals surface area contributed by atoms with Gasteiger partial charge < -0.3 is 9.84 Å². The van der Waals surface area contributed by atoms with Gasteiger partial charge in [-0.25, -0.2) is 0 Å². The topological polar surface area (TPSA) is 73.0 Å². The maximum atomic E-state index is 12.5. The Morgan fingerprint density at radius 1 is 1.07 bits per heavy atom. The van der Waals surface area contributed by atoms with Crippen molar-refractivity contribution in [3.63, 3.8) is 0 Å². The molecule has 0 saturated carbocycles. The summed E-state index contributed by atoms with van der Waals surface area (Å²) in [6, 6.07) is 19.4. The van der Waals surface area contributed by atoms with Gasteiger partial charge in [0.25, 0.3) is 5.91 Å². The third-order valence-corrected chi connectivity index (χ3v) is 4.55. The molecule has 6 heteroatoms. The Balaban J connectivity index is 1.44. The first kappa shape index (κ1) is 17.7. The zero-order valence-electron chi connectivity index (χ0n) is 15.7. The van der Waals surface area contributed by atoms with Gasteiger partial charge in [0.15, 0.2) is 17.3 Å². The van der Waals surface area contributed by atoms with Crippen LogP contribution in [-0.4, -0.2) is 20.8 Å². The van der Waals surface area contributed by atoms with Crippen LogP contribution in [0.4, 0.5) is 5.82 Å². The van der Waals surface area contributed by atoms with E-state index in [0.29, 0.717) is 18.1 Å². The minimum atomic E-state index is -0.358. The van der Waals surface area contributed by atoms with Crippen molar-refractivity contribution in [2.75, 3.05) is 5.32 Å². The maximum absolute atomic E-state index is 12.5. The summed E-state index contributed by atoms with van der Waals surface area (Å²) in [7, 11) is 0. The van der Waals surface area contributed by atoms with E-state index in [1.54, 1.807) is 16.8 Å². The highest BCUT2D eigenvalue weighted by Gasteiger charge is 2.15. The van der Waals surface area contributed by atoms with Gasteiger partial charge in [0.2, 0.25) is 0 Å². The van der Waals surface area contributed by atoms with Crippen LogP contribution in [0.15, 0.2) is 71.4 Å². The fraction of sp³-hybridized carbons (Fsp3) is 0.136. The molecule has 2 aromatic heterocycles. The summed E-state index contributed by atoms with van der Waals surface area (Å²) in [6.45, 7) is 4.73. The van der Waals surface area contributed by atoms with Gasteiger partial charge in [0.1, 0.15) is 0 Å². The predicted octanol–water partition coefficient (Wildman–Crippen LogP) is 4.46. The van der Waals surface area contributed by atoms with Crippen LogP contribution in [0.25, 0.3) is 11.3 Å². The fourth-order valence-electron chi connectivity index (χ4n) is 2.89. The molecule has 2 heterocycles. The van der Waals surface area contributed by atoms with Crippen molar-refractivity contribution in [3.05, 3.63) is 89.2 Å². The van der Waals surface area contributed by atoms with Crippen LogP contribution in [-0.2, 0) is 6.54 Å². The number of carbonyl (C=O) groups excluding carboxylic acids is 1. The molecule has 2 aromatic carbocycles. The van der Waals surface area contributed by atoms with Crippen LogP contribution < -0.4 is 5.32 Å². The lowest BCUT2D eigenvalue weighted by molar-refractivity contribution is 0.101. The number of benzene rings is 2. The van der Waals surface area contributed by atoms with Gasteiger partial charge in [-0.15, -0.1) is 0 Å². The molecule has 0 fully saturated rings. The molecule has 0 aliphatic rings. The number of hydrogen-bond donors (Lipinski definition) is 1. The molecule has 0 radical (unpaired) electrons. The number of nitrogens with zero attached hydrogens (tertiary/aromatic N) is 3. The lowest BCUT2D eigenvalue weighted by Crippen LogP contribution is -2.13. The minimum absolute atomic E-state index is 0.212. The highest BCUT2D eigenvalue weighted by molar-refractivity contribution is 6.02. The SMILES string of the molecule is Cc1ccc(-c2cc(C(=O)Nc3ccn(Cc4ccccc4C)n3)no2)cc1. The van der Waals surface area contributed by atoms with E-state index in [0.717, 1.165) is 11.1 Å². The average molecular weight is 372 g/mol. The van der Waals surface area contributed by atoms with E-state index in [2.05, 4.69) is 34.6 Å². The third-order valence-electron chi connectivity index (χ3n) is 4.55. The van der Waals surface area contributed by atoms with Gasteiger partial charge in [-0.05, 0) is 25.0 Å². The second-order valence-corrected chi connectivity index (χ2v) is 6.72. The Morgan fingerprint density at radius 3 is 2.64 bits per heavy atom. The molecule has 0 aliphatic carbocycles. The van der Waals surface area contributed by atoms with Gasteiger partial charge >= 0.3 is 0 Å². The van der Waals surface area contributed by atoms with Crippen LogP contribution >= 0.6 is 0 Å². The molecule has 0 spiro atoms. The highest BCUT2D eigenvalue weighted by atomic mass is 16.5. The molecule has 0 unspecified atom stereocenters. The monoisotopic (exact) mass is 372 g/mol. The molecule has 140 valence electrons. The van der Waals surface area contributed by atoms with Crippen molar-refractivity contribution in [1.29, 1.82) is 0 Å². The van der Waals surface area contributed by atoms with Crippen LogP contribution in [0, 0.1) is 13.8 Å². The lowest BCUT2D eigenvalue weighted by atomic mass is 10.1. The van der Waals surface area contributed by atoms with E-state index in [1.807, 2.05) is 49.5 Å². The molecule has 4 rings (SSSR count). The first-order valence-corrected chi connectivity index (χ1v) is 9.01. The van der Waals surface area contributed by atoms with E-state index in [-0.39, 0.29) is 11.6 Å². The molecule has 28 heavy (non-hydrogen) atoms. The number of carbonyl (C=O) groups is 1. The van der Waals surface area contributed by atoms with Crippen LogP contribution in [0.2, 0.25) is 0 Å². The number of anilines is 1. The summed E-state index contributed by atoms with van der Waals surface area (Å²) in [5, 5.41) is 11.0. The Kier molecular flexibility index (Phi) is 4.76. The molecule has 6 nitrogen and oxygen atoms in total. The standard InChI is InChI=1S/C22H20N4O2/c1-15-7-9-17(10-8-15)20-13-19(25-28-20)22(27)23-21-11-12-26(24-21)14-18-6-4-3-5-16(18)2/h3-13H,14H2,1-2H3,(H,23,24,27).